The van der Waals surface area contributed by atoms with Gasteiger partial charge in [-0.3, -0.25) is 10.1 Å². The number of nitrogens with one attached hydrogen (secondary N) is 2. The number of non-ortho nitro benzene ring substituents is 1. The standard InChI is InChI=1S/C16H15N3O5/c20-16(18-12-2-1-3-13(9-12)19(21)22)17-10-11-4-5-14-15(8-11)24-7-6-23-14/h1-5,8-9H,6-7,10H2,(H2,17,18,20). The fraction of sp³-hybridized carbons (Fsp3) is 0.188. The summed E-state index contributed by atoms with van der Waals surface area (Å²) in [7, 11) is 0. The van der Waals surface area contributed by atoms with Crippen LogP contribution in [0.4, 0.5) is 16.2 Å². The van der Waals surface area contributed by atoms with Crippen LogP contribution in [-0.4, -0.2) is 24.2 Å². The Bertz CT molecular complexity index is 778. The number of urea groups is 1. The Morgan fingerprint density at radius 2 is 1.92 bits per heavy atom. The summed E-state index contributed by atoms with van der Waals surface area (Å²) in [5.41, 5.74) is 1.12. The lowest BCUT2D eigenvalue weighted by molar-refractivity contribution is -0.384. The first-order chi connectivity index (χ1) is 11.6. The number of anilines is 1. The minimum atomic E-state index is -0.516. The summed E-state index contributed by atoms with van der Waals surface area (Å²) in [4.78, 5) is 22.1. The number of hydrogen-bond donors (Lipinski definition) is 2. The molecule has 0 bridgehead atoms. The van der Waals surface area contributed by atoms with E-state index in [0.29, 0.717) is 30.4 Å². The van der Waals surface area contributed by atoms with Crippen LogP contribution >= 0.6 is 0 Å². The maximum Gasteiger partial charge on any atom is 0.319 e. The molecule has 0 spiro atoms. The van der Waals surface area contributed by atoms with Gasteiger partial charge in [0.15, 0.2) is 11.5 Å². The number of nitro benzene ring substituents is 1. The third-order valence-corrected chi connectivity index (χ3v) is 3.37. The molecule has 1 aliphatic rings. The first-order valence-corrected chi connectivity index (χ1v) is 7.29. The van der Waals surface area contributed by atoms with E-state index in [-0.39, 0.29) is 12.2 Å². The number of ether oxygens (including phenoxy) is 2. The highest BCUT2D eigenvalue weighted by Crippen LogP contribution is 2.30. The highest BCUT2D eigenvalue weighted by atomic mass is 16.6. The number of carbonyl (C=O) groups excluding carboxylic acids is 1. The molecule has 2 amide bonds. The fourth-order valence-corrected chi connectivity index (χ4v) is 2.25. The first kappa shape index (κ1) is 15.6. The van der Waals surface area contributed by atoms with Gasteiger partial charge in [0.2, 0.25) is 0 Å². The Hall–Kier alpha value is -3.29. The molecule has 0 atom stereocenters. The maximum atomic E-state index is 11.9. The highest BCUT2D eigenvalue weighted by Gasteiger charge is 2.12. The lowest BCUT2D eigenvalue weighted by Crippen LogP contribution is -2.28. The zero-order valence-corrected chi connectivity index (χ0v) is 12.7. The van der Waals surface area contributed by atoms with Crippen LogP contribution in [0.2, 0.25) is 0 Å². The van der Waals surface area contributed by atoms with Crippen LogP contribution in [0.5, 0.6) is 11.5 Å². The third-order valence-electron chi connectivity index (χ3n) is 3.37. The number of fused-ring (bicyclic) bond motifs is 1. The predicted molar refractivity (Wildman–Crippen MR) is 86.4 cm³/mol. The SMILES string of the molecule is O=C(NCc1ccc2c(c1)OCCO2)Nc1cccc([N+](=O)[O-])c1. The molecule has 0 saturated heterocycles. The van der Waals surface area contributed by atoms with E-state index in [1.165, 1.54) is 18.2 Å². The lowest BCUT2D eigenvalue weighted by atomic mass is 10.2. The molecule has 8 heteroatoms. The van der Waals surface area contributed by atoms with Crippen molar-refractivity contribution in [1.82, 2.24) is 5.32 Å². The molecule has 2 N–H and O–H groups in total. The van der Waals surface area contributed by atoms with E-state index in [1.54, 1.807) is 12.1 Å². The van der Waals surface area contributed by atoms with E-state index < -0.39 is 11.0 Å². The van der Waals surface area contributed by atoms with Crippen molar-refractivity contribution in [3.05, 3.63) is 58.1 Å². The molecule has 1 heterocycles. The van der Waals surface area contributed by atoms with E-state index in [4.69, 9.17) is 9.47 Å². The summed E-state index contributed by atoms with van der Waals surface area (Å²) in [5.74, 6) is 1.34. The van der Waals surface area contributed by atoms with Crippen molar-refractivity contribution in [3.8, 4) is 11.5 Å². The van der Waals surface area contributed by atoms with E-state index in [2.05, 4.69) is 10.6 Å². The summed E-state index contributed by atoms with van der Waals surface area (Å²) in [5, 5.41) is 16.0. The van der Waals surface area contributed by atoms with E-state index >= 15 is 0 Å². The summed E-state index contributed by atoms with van der Waals surface area (Å²) in [6.45, 7) is 1.31. The van der Waals surface area contributed by atoms with E-state index in [9.17, 15) is 14.9 Å². The molecule has 0 aliphatic carbocycles. The average molecular weight is 329 g/mol. The zero-order chi connectivity index (χ0) is 16.9. The average Bonchev–Trinajstić information content (AvgIpc) is 2.60. The molecule has 0 fully saturated rings. The number of hydrogen-bond acceptors (Lipinski definition) is 5. The molecule has 0 radical (unpaired) electrons. The van der Waals surface area contributed by atoms with Gasteiger partial charge in [0, 0.05) is 24.4 Å². The van der Waals surface area contributed by atoms with E-state index in [0.717, 1.165) is 5.56 Å². The van der Waals surface area contributed by atoms with Crippen molar-refractivity contribution in [3.63, 3.8) is 0 Å². The number of carbonyl (C=O) groups is 1. The Labute approximate surface area is 137 Å². The van der Waals surface area contributed by atoms with Crippen molar-refractivity contribution in [1.29, 1.82) is 0 Å². The maximum absolute atomic E-state index is 11.9. The van der Waals surface area contributed by atoms with Gasteiger partial charge in [-0.25, -0.2) is 4.79 Å². The summed E-state index contributed by atoms with van der Waals surface area (Å²) >= 11 is 0. The largest absolute Gasteiger partial charge is 0.486 e. The Morgan fingerprint density at radius 1 is 1.12 bits per heavy atom. The van der Waals surface area contributed by atoms with Gasteiger partial charge in [-0.1, -0.05) is 12.1 Å². The number of amides is 2. The minimum absolute atomic E-state index is 0.0837. The summed E-state index contributed by atoms with van der Waals surface area (Å²) in [6, 6.07) is 10.7. The predicted octanol–water partition coefficient (Wildman–Crippen LogP) is 2.69. The molecule has 2 aromatic carbocycles. The monoisotopic (exact) mass is 329 g/mol. The molecule has 2 aromatic rings. The van der Waals surface area contributed by atoms with Gasteiger partial charge in [-0.2, -0.15) is 0 Å². The summed E-state index contributed by atoms with van der Waals surface area (Å²) in [6.07, 6.45) is 0. The summed E-state index contributed by atoms with van der Waals surface area (Å²) < 4.78 is 10.9. The molecule has 0 unspecified atom stereocenters. The quantitative estimate of drug-likeness (QED) is 0.663. The lowest BCUT2D eigenvalue weighted by Gasteiger charge is -2.19. The van der Waals surface area contributed by atoms with Crippen LogP contribution in [0.1, 0.15) is 5.56 Å². The van der Waals surface area contributed by atoms with E-state index in [1.807, 2.05) is 12.1 Å². The molecular weight excluding hydrogens is 314 g/mol. The van der Waals surface area contributed by atoms with Gasteiger partial charge < -0.3 is 20.1 Å². The molecule has 8 nitrogen and oxygen atoms in total. The van der Waals surface area contributed by atoms with Gasteiger partial charge >= 0.3 is 6.03 Å². The van der Waals surface area contributed by atoms with Crippen molar-refractivity contribution < 1.29 is 19.2 Å². The second kappa shape index (κ2) is 6.86. The normalized spacial score (nSPS) is 12.3. The molecule has 3 rings (SSSR count). The van der Waals surface area contributed by atoms with Crippen LogP contribution < -0.4 is 20.1 Å². The second-order valence-electron chi connectivity index (χ2n) is 5.09. The Morgan fingerprint density at radius 3 is 2.71 bits per heavy atom. The van der Waals surface area contributed by atoms with Crippen LogP contribution in [0.3, 0.4) is 0 Å². The number of nitrogens with zero attached hydrogens (tertiary/aromatic N) is 1. The smallest absolute Gasteiger partial charge is 0.319 e. The van der Waals surface area contributed by atoms with Crippen LogP contribution in [0.25, 0.3) is 0 Å². The van der Waals surface area contributed by atoms with Gasteiger partial charge in [0.1, 0.15) is 13.2 Å². The Balaban J connectivity index is 1.57. The molecule has 0 saturated carbocycles. The van der Waals surface area contributed by atoms with Gasteiger partial charge in [-0.15, -0.1) is 0 Å². The van der Waals surface area contributed by atoms with Gasteiger partial charge in [0.25, 0.3) is 5.69 Å². The van der Waals surface area contributed by atoms with Crippen molar-refractivity contribution >= 4 is 17.4 Å². The second-order valence-corrected chi connectivity index (χ2v) is 5.09. The topological polar surface area (TPSA) is 103 Å². The Kier molecular flexibility index (Phi) is 4.46. The van der Waals surface area contributed by atoms with Crippen LogP contribution in [0.15, 0.2) is 42.5 Å². The highest BCUT2D eigenvalue weighted by molar-refractivity contribution is 5.89. The number of nitro groups is 1. The zero-order valence-electron chi connectivity index (χ0n) is 12.7. The fourth-order valence-electron chi connectivity index (χ4n) is 2.25. The van der Waals surface area contributed by atoms with Crippen molar-refractivity contribution in [2.45, 2.75) is 6.54 Å². The van der Waals surface area contributed by atoms with Crippen molar-refractivity contribution in [2.24, 2.45) is 0 Å². The molecule has 24 heavy (non-hydrogen) atoms. The van der Waals surface area contributed by atoms with Crippen LogP contribution in [-0.2, 0) is 6.54 Å². The minimum Gasteiger partial charge on any atom is -0.486 e. The van der Waals surface area contributed by atoms with Crippen molar-refractivity contribution in [2.75, 3.05) is 18.5 Å². The number of rotatable bonds is 4. The number of benzene rings is 2. The molecular formula is C16H15N3O5. The third kappa shape index (κ3) is 3.72. The molecule has 0 aromatic heterocycles. The first-order valence-electron chi connectivity index (χ1n) is 7.29. The van der Waals surface area contributed by atoms with Gasteiger partial charge in [-0.05, 0) is 23.8 Å². The molecule has 1 aliphatic heterocycles. The van der Waals surface area contributed by atoms with Crippen LogP contribution in [0, 0.1) is 10.1 Å². The van der Waals surface area contributed by atoms with Gasteiger partial charge in [0.05, 0.1) is 4.92 Å². The molecule has 124 valence electrons.